The monoisotopic (exact) mass is 220 g/mol. The average Bonchev–Trinajstić information content (AvgIpc) is 2.32. The van der Waals surface area contributed by atoms with Gasteiger partial charge >= 0.3 is 0 Å². The molecule has 0 radical (unpaired) electrons. The maximum Gasteiger partial charge on any atom is 0.0499 e. The molecule has 0 aromatic heterocycles. The van der Waals surface area contributed by atoms with E-state index < -0.39 is 0 Å². The summed E-state index contributed by atoms with van der Waals surface area (Å²) in [5.74, 6) is 1.04. The van der Waals surface area contributed by atoms with Gasteiger partial charge in [-0.15, -0.1) is 0 Å². The van der Waals surface area contributed by atoms with Crippen LogP contribution >= 0.6 is 0 Å². The highest BCUT2D eigenvalue weighted by Crippen LogP contribution is 2.28. The molecule has 1 unspecified atom stereocenters. The van der Waals surface area contributed by atoms with Crippen molar-refractivity contribution in [1.29, 1.82) is 0 Å². The zero-order valence-corrected chi connectivity index (χ0v) is 10.7. The zero-order valence-electron chi connectivity index (χ0n) is 10.7. The number of hydrogen-bond acceptors (Lipinski definition) is 1. The second-order valence-electron chi connectivity index (χ2n) is 4.65. The SMILES string of the molecule is CCC(CC)CC(CO)c1ccccc1C. The van der Waals surface area contributed by atoms with Gasteiger partial charge < -0.3 is 5.11 Å². The van der Waals surface area contributed by atoms with Crippen LogP contribution in [0.1, 0.15) is 50.2 Å². The van der Waals surface area contributed by atoms with Gasteiger partial charge in [-0.05, 0) is 30.4 Å². The molecule has 0 spiro atoms. The Morgan fingerprint density at radius 1 is 1.12 bits per heavy atom. The smallest absolute Gasteiger partial charge is 0.0499 e. The van der Waals surface area contributed by atoms with Gasteiger partial charge in [-0.2, -0.15) is 0 Å². The predicted octanol–water partition coefficient (Wildman–Crippen LogP) is 3.90. The van der Waals surface area contributed by atoms with E-state index in [0.29, 0.717) is 5.92 Å². The highest BCUT2D eigenvalue weighted by molar-refractivity contribution is 5.29. The molecule has 1 N–H and O–H groups in total. The van der Waals surface area contributed by atoms with Crippen LogP contribution in [0.25, 0.3) is 0 Å². The van der Waals surface area contributed by atoms with Gasteiger partial charge in [-0.3, -0.25) is 0 Å². The molecule has 0 aliphatic heterocycles. The zero-order chi connectivity index (χ0) is 12.0. The molecule has 0 aliphatic carbocycles. The van der Waals surface area contributed by atoms with E-state index in [4.69, 9.17) is 0 Å². The second-order valence-corrected chi connectivity index (χ2v) is 4.65. The molecule has 1 atom stereocenters. The standard InChI is InChI=1S/C15H24O/c1-4-13(5-2)10-14(11-16)15-9-7-6-8-12(15)3/h6-9,13-14,16H,4-5,10-11H2,1-3H3. The minimum absolute atomic E-state index is 0.265. The van der Waals surface area contributed by atoms with Crippen molar-refractivity contribution in [3.05, 3.63) is 35.4 Å². The van der Waals surface area contributed by atoms with E-state index in [2.05, 4.69) is 45.0 Å². The Kier molecular flexibility index (Phi) is 5.54. The van der Waals surface area contributed by atoms with Crippen LogP contribution in [0.3, 0.4) is 0 Å². The van der Waals surface area contributed by atoms with Crippen LogP contribution in [0, 0.1) is 12.8 Å². The van der Waals surface area contributed by atoms with Crippen molar-refractivity contribution >= 4 is 0 Å². The van der Waals surface area contributed by atoms with E-state index in [0.717, 1.165) is 12.3 Å². The number of hydrogen-bond donors (Lipinski definition) is 1. The fourth-order valence-electron chi connectivity index (χ4n) is 2.37. The second kappa shape index (κ2) is 6.70. The predicted molar refractivity (Wildman–Crippen MR) is 69.7 cm³/mol. The molecule has 1 heteroatoms. The summed E-state index contributed by atoms with van der Waals surface area (Å²) in [5, 5.41) is 9.54. The van der Waals surface area contributed by atoms with Gasteiger partial charge in [-0.25, -0.2) is 0 Å². The Morgan fingerprint density at radius 2 is 1.75 bits per heavy atom. The Balaban J connectivity index is 2.78. The highest BCUT2D eigenvalue weighted by Gasteiger charge is 2.16. The Morgan fingerprint density at radius 3 is 2.25 bits per heavy atom. The molecular formula is C15H24O. The summed E-state index contributed by atoms with van der Waals surface area (Å²) in [6.45, 7) is 6.87. The lowest BCUT2D eigenvalue weighted by Crippen LogP contribution is -2.11. The van der Waals surface area contributed by atoms with E-state index in [1.165, 1.54) is 24.0 Å². The first-order chi connectivity index (χ1) is 7.72. The van der Waals surface area contributed by atoms with Gasteiger partial charge in [0.15, 0.2) is 0 Å². The first kappa shape index (κ1) is 13.2. The van der Waals surface area contributed by atoms with Gasteiger partial charge in [0.25, 0.3) is 0 Å². The average molecular weight is 220 g/mol. The Bertz CT molecular complexity index is 302. The molecule has 0 bridgehead atoms. The minimum atomic E-state index is 0.265. The summed E-state index contributed by atoms with van der Waals surface area (Å²) >= 11 is 0. The van der Waals surface area contributed by atoms with Crippen molar-refractivity contribution in [2.24, 2.45) is 5.92 Å². The van der Waals surface area contributed by atoms with Crippen LogP contribution in [-0.4, -0.2) is 11.7 Å². The van der Waals surface area contributed by atoms with Crippen molar-refractivity contribution in [2.75, 3.05) is 6.61 Å². The Labute approximate surface area is 99.5 Å². The summed E-state index contributed by atoms with van der Waals surface area (Å²) in [7, 11) is 0. The summed E-state index contributed by atoms with van der Waals surface area (Å²) in [5.41, 5.74) is 2.62. The van der Waals surface area contributed by atoms with Crippen LogP contribution in [0.4, 0.5) is 0 Å². The lowest BCUT2D eigenvalue weighted by molar-refractivity contribution is 0.240. The summed E-state index contributed by atoms with van der Waals surface area (Å²) in [6.07, 6.45) is 3.52. The lowest BCUT2D eigenvalue weighted by atomic mass is 9.85. The number of aliphatic hydroxyl groups excluding tert-OH is 1. The molecule has 0 fully saturated rings. The van der Waals surface area contributed by atoms with Gasteiger partial charge in [-0.1, -0.05) is 51.0 Å². The molecule has 1 aromatic rings. The normalized spacial score (nSPS) is 13.1. The van der Waals surface area contributed by atoms with E-state index in [1.54, 1.807) is 0 Å². The van der Waals surface area contributed by atoms with Crippen molar-refractivity contribution in [3.8, 4) is 0 Å². The summed E-state index contributed by atoms with van der Waals surface area (Å²) in [4.78, 5) is 0. The molecule has 0 saturated heterocycles. The fraction of sp³-hybridized carbons (Fsp3) is 0.600. The van der Waals surface area contributed by atoms with Crippen LogP contribution in [-0.2, 0) is 0 Å². The highest BCUT2D eigenvalue weighted by atomic mass is 16.3. The van der Waals surface area contributed by atoms with E-state index in [9.17, 15) is 5.11 Å². The third kappa shape index (κ3) is 3.34. The summed E-state index contributed by atoms with van der Waals surface area (Å²) in [6, 6.07) is 8.41. The van der Waals surface area contributed by atoms with Crippen molar-refractivity contribution in [3.63, 3.8) is 0 Å². The molecule has 1 rings (SSSR count). The van der Waals surface area contributed by atoms with E-state index >= 15 is 0 Å². The number of aryl methyl sites for hydroxylation is 1. The summed E-state index contributed by atoms with van der Waals surface area (Å²) < 4.78 is 0. The van der Waals surface area contributed by atoms with Crippen molar-refractivity contribution < 1.29 is 5.11 Å². The number of rotatable bonds is 6. The largest absolute Gasteiger partial charge is 0.396 e. The minimum Gasteiger partial charge on any atom is -0.396 e. The molecule has 1 aromatic carbocycles. The van der Waals surface area contributed by atoms with Gasteiger partial charge in [0, 0.05) is 12.5 Å². The van der Waals surface area contributed by atoms with Crippen molar-refractivity contribution in [2.45, 2.75) is 46.0 Å². The lowest BCUT2D eigenvalue weighted by Gasteiger charge is -2.21. The van der Waals surface area contributed by atoms with Crippen molar-refractivity contribution in [1.82, 2.24) is 0 Å². The molecule has 16 heavy (non-hydrogen) atoms. The van der Waals surface area contributed by atoms with E-state index in [-0.39, 0.29) is 6.61 Å². The van der Waals surface area contributed by atoms with Crippen LogP contribution < -0.4 is 0 Å². The van der Waals surface area contributed by atoms with Gasteiger partial charge in [0.05, 0.1) is 0 Å². The number of benzene rings is 1. The van der Waals surface area contributed by atoms with Crippen LogP contribution in [0.15, 0.2) is 24.3 Å². The third-order valence-corrected chi connectivity index (χ3v) is 3.62. The first-order valence-electron chi connectivity index (χ1n) is 6.39. The first-order valence-corrected chi connectivity index (χ1v) is 6.39. The molecule has 0 aliphatic rings. The van der Waals surface area contributed by atoms with Crippen LogP contribution in [0.2, 0.25) is 0 Å². The topological polar surface area (TPSA) is 20.2 Å². The maximum absolute atomic E-state index is 9.54. The molecule has 90 valence electrons. The van der Waals surface area contributed by atoms with Crippen LogP contribution in [0.5, 0.6) is 0 Å². The maximum atomic E-state index is 9.54. The molecular weight excluding hydrogens is 196 g/mol. The molecule has 0 saturated carbocycles. The Hall–Kier alpha value is -0.820. The van der Waals surface area contributed by atoms with Gasteiger partial charge in [0.1, 0.15) is 0 Å². The van der Waals surface area contributed by atoms with Gasteiger partial charge in [0.2, 0.25) is 0 Å². The molecule has 1 nitrogen and oxygen atoms in total. The third-order valence-electron chi connectivity index (χ3n) is 3.62. The van der Waals surface area contributed by atoms with E-state index in [1.807, 2.05) is 0 Å². The molecule has 0 amide bonds. The number of aliphatic hydroxyl groups is 1. The fourth-order valence-corrected chi connectivity index (χ4v) is 2.37. The quantitative estimate of drug-likeness (QED) is 0.771. The molecule has 0 heterocycles.